The van der Waals surface area contributed by atoms with Crippen molar-refractivity contribution in [1.29, 1.82) is 0 Å². The second-order valence-corrected chi connectivity index (χ2v) is 8.97. The molecule has 2 aromatic carbocycles. The van der Waals surface area contributed by atoms with Gasteiger partial charge in [-0.2, -0.15) is 0 Å². The molecule has 7 heteroatoms. The molecule has 1 unspecified atom stereocenters. The number of aryl methyl sites for hydroxylation is 2. The highest BCUT2D eigenvalue weighted by Gasteiger charge is 2.23. The Morgan fingerprint density at radius 1 is 0.970 bits per heavy atom. The fourth-order valence-corrected chi connectivity index (χ4v) is 3.27. The third-order valence-corrected chi connectivity index (χ3v) is 4.87. The highest BCUT2D eigenvalue weighted by atomic mass is 16.6. The van der Waals surface area contributed by atoms with E-state index >= 15 is 0 Å². The summed E-state index contributed by atoms with van der Waals surface area (Å²) < 4.78 is 10.7. The Labute approximate surface area is 195 Å². The highest BCUT2D eigenvalue weighted by Crippen LogP contribution is 2.18. The summed E-state index contributed by atoms with van der Waals surface area (Å²) in [6.07, 6.45) is -0.577. The number of carbonyl (C=O) groups excluding carboxylic acids is 3. The average molecular weight is 455 g/mol. The highest BCUT2D eigenvalue weighted by molar-refractivity contribution is 5.91. The first kappa shape index (κ1) is 25.9. The zero-order valence-electron chi connectivity index (χ0n) is 20.3. The van der Waals surface area contributed by atoms with Crippen molar-refractivity contribution < 1.29 is 23.9 Å². The van der Waals surface area contributed by atoms with Gasteiger partial charge in [-0.25, -0.2) is 9.59 Å². The van der Waals surface area contributed by atoms with Gasteiger partial charge in [-0.3, -0.25) is 4.79 Å². The summed E-state index contributed by atoms with van der Waals surface area (Å²) in [6.45, 7) is 11.7. The number of esters is 1. The van der Waals surface area contributed by atoms with E-state index in [1.54, 1.807) is 39.0 Å². The van der Waals surface area contributed by atoms with Gasteiger partial charge in [0.1, 0.15) is 12.2 Å². The molecule has 0 aliphatic heterocycles. The normalized spacial score (nSPS) is 11.9. The second kappa shape index (κ2) is 11.5. The van der Waals surface area contributed by atoms with E-state index in [1.165, 1.54) is 0 Å². The van der Waals surface area contributed by atoms with Crippen LogP contribution in [0.25, 0.3) is 0 Å². The third kappa shape index (κ3) is 8.25. The first-order valence-electron chi connectivity index (χ1n) is 11.1. The number of hydrogen-bond acceptors (Lipinski definition) is 5. The molecule has 178 valence electrons. The predicted octanol–water partition coefficient (Wildman–Crippen LogP) is 4.40. The Morgan fingerprint density at radius 3 is 2.21 bits per heavy atom. The number of benzene rings is 2. The third-order valence-electron chi connectivity index (χ3n) is 4.87. The van der Waals surface area contributed by atoms with Crippen LogP contribution in [0.3, 0.4) is 0 Å². The van der Waals surface area contributed by atoms with Gasteiger partial charge in [-0.15, -0.1) is 0 Å². The fraction of sp³-hybridized carbons (Fsp3) is 0.423. The fourth-order valence-electron chi connectivity index (χ4n) is 3.27. The Hall–Kier alpha value is -3.35. The first-order chi connectivity index (χ1) is 15.5. The maximum absolute atomic E-state index is 12.6. The summed E-state index contributed by atoms with van der Waals surface area (Å²) in [5.41, 5.74) is 3.41. The van der Waals surface area contributed by atoms with Crippen LogP contribution in [0.15, 0.2) is 42.5 Å². The van der Waals surface area contributed by atoms with Crippen molar-refractivity contribution in [3.05, 3.63) is 70.3 Å². The van der Waals surface area contributed by atoms with Crippen LogP contribution >= 0.6 is 0 Å². The lowest BCUT2D eigenvalue weighted by atomic mass is 9.97. The van der Waals surface area contributed by atoms with Gasteiger partial charge in [0.2, 0.25) is 5.91 Å². The van der Waals surface area contributed by atoms with E-state index in [9.17, 15) is 14.4 Å². The van der Waals surface area contributed by atoms with Crippen LogP contribution < -0.4 is 10.6 Å². The Morgan fingerprint density at radius 2 is 1.64 bits per heavy atom. The van der Waals surface area contributed by atoms with Crippen molar-refractivity contribution in [3.8, 4) is 0 Å². The van der Waals surface area contributed by atoms with E-state index < -0.39 is 17.6 Å². The van der Waals surface area contributed by atoms with Crippen LogP contribution in [0.2, 0.25) is 0 Å². The van der Waals surface area contributed by atoms with Gasteiger partial charge >= 0.3 is 12.1 Å². The minimum Gasteiger partial charge on any atom is -0.457 e. The van der Waals surface area contributed by atoms with Crippen molar-refractivity contribution in [2.24, 2.45) is 0 Å². The number of nitrogens with one attached hydrogen (secondary N) is 2. The molecule has 0 bridgehead atoms. The Bertz CT molecular complexity index is 977. The molecule has 0 fully saturated rings. The van der Waals surface area contributed by atoms with E-state index in [0.29, 0.717) is 12.1 Å². The summed E-state index contributed by atoms with van der Waals surface area (Å²) in [6, 6.07) is 12.8. The molecule has 33 heavy (non-hydrogen) atoms. The molecule has 1 atom stereocenters. The maximum atomic E-state index is 12.6. The van der Waals surface area contributed by atoms with E-state index in [0.717, 1.165) is 22.3 Å². The number of hydrogen-bond donors (Lipinski definition) is 2. The SMILES string of the molecule is CCNC(=O)C(CNC(=O)OC(C)(C)C)c1ccc(COC(=O)c2ccc(C)cc2C)cc1. The number of likely N-dealkylation sites (N-methyl/N-ethyl adjacent to an activating group) is 1. The minimum absolute atomic E-state index is 0.0990. The maximum Gasteiger partial charge on any atom is 0.407 e. The molecule has 0 heterocycles. The monoisotopic (exact) mass is 454 g/mol. The molecule has 2 N–H and O–H groups in total. The summed E-state index contributed by atoms with van der Waals surface area (Å²) in [5.74, 6) is -1.15. The number of rotatable bonds is 8. The van der Waals surface area contributed by atoms with Gasteiger partial charge < -0.3 is 20.1 Å². The Balaban J connectivity index is 2.04. The number of amides is 2. The summed E-state index contributed by atoms with van der Waals surface area (Å²) in [4.78, 5) is 37.0. The van der Waals surface area contributed by atoms with E-state index in [1.807, 2.05) is 45.0 Å². The molecule has 2 rings (SSSR count). The molecule has 0 radical (unpaired) electrons. The van der Waals surface area contributed by atoms with Crippen LogP contribution in [0.5, 0.6) is 0 Å². The van der Waals surface area contributed by atoms with Gasteiger partial charge in [0.25, 0.3) is 0 Å². The van der Waals surface area contributed by atoms with Gasteiger partial charge in [-0.05, 0) is 64.3 Å². The quantitative estimate of drug-likeness (QED) is 0.577. The summed E-state index contributed by atoms with van der Waals surface area (Å²) in [5, 5.41) is 5.47. The lowest BCUT2D eigenvalue weighted by molar-refractivity contribution is -0.122. The van der Waals surface area contributed by atoms with Crippen molar-refractivity contribution in [2.75, 3.05) is 13.1 Å². The van der Waals surface area contributed by atoms with E-state index in [4.69, 9.17) is 9.47 Å². The molecule has 0 saturated heterocycles. The molecule has 2 aromatic rings. The zero-order valence-corrected chi connectivity index (χ0v) is 20.3. The zero-order chi connectivity index (χ0) is 24.6. The van der Waals surface area contributed by atoms with Gasteiger partial charge in [-0.1, -0.05) is 42.0 Å². The molecule has 0 aliphatic rings. The van der Waals surface area contributed by atoms with Crippen molar-refractivity contribution in [1.82, 2.24) is 10.6 Å². The topological polar surface area (TPSA) is 93.7 Å². The van der Waals surface area contributed by atoms with Crippen LogP contribution in [0.1, 0.15) is 66.2 Å². The number of ether oxygens (including phenoxy) is 2. The summed E-state index contributed by atoms with van der Waals surface area (Å²) >= 11 is 0. The van der Waals surface area contributed by atoms with Gasteiger partial charge in [0.05, 0.1) is 11.5 Å². The largest absolute Gasteiger partial charge is 0.457 e. The standard InChI is InChI=1S/C26H34N2O5/c1-7-27-23(29)22(15-28-25(31)33-26(4,5)6)20-11-9-19(10-12-20)16-32-24(30)21-13-8-17(2)14-18(21)3/h8-14,22H,7,15-16H2,1-6H3,(H,27,29)(H,28,31). The minimum atomic E-state index is -0.624. The smallest absolute Gasteiger partial charge is 0.407 e. The first-order valence-corrected chi connectivity index (χ1v) is 11.1. The molecular formula is C26H34N2O5. The number of alkyl carbamates (subject to hydrolysis) is 1. The molecular weight excluding hydrogens is 420 g/mol. The van der Waals surface area contributed by atoms with Crippen molar-refractivity contribution in [2.45, 2.75) is 59.7 Å². The molecule has 0 spiro atoms. The summed E-state index contributed by atoms with van der Waals surface area (Å²) in [7, 11) is 0. The second-order valence-electron chi connectivity index (χ2n) is 8.97. The van der Waals surface area contributed by atoms with Crippen LogP contribution in [0, 0.1) is 13.8 Å². The lowest BCUT2D eigenvalue weighted by Crippen LogP contribution is -2.39. The lowest BCUT2D eigenvalue weighted by Gasteiger charge is -2.22. The molecule has 7 nitrogen and oxygen atoms in total. The van der Waals surface area contributed by atoms with Crippen LogP contribution in [-0.2, 0) is 20.9 Å². The molecule has 2 amide bonds. The van der Waals surface area contributed by atoms with Gasteiger partial charge in [0, 0.05) is 13.1 Å². The van der Waals surface area contributed by atoms with Crippen molar-refractivity contribution >= 4 is 18.0 Å². The van der Waals surface area contributed by atoms with E-state index in [-0.39, 0.29) is 25.0 Å². The number of carbonyl (C=O) groups is 3. The molecule has 0 saturated carbocycles. The predicted molar refractivity (Wildman–Crippen MR) is 127 cm³/mol. The average Bonchev–Trinajstić information content (AvgIpc) is 2.72. The van der Waals surface area contributed by atoms with Crippen LogP contribution in [-0.4, -0.2) is 36.7 Å². The van der Waals surface area contributed by atoms with Crippen molar-refractivity contribution in [3.63, 3.8) is 0 Å². The van der Waals surface area contributed by atoms with Crippen LogP contribution in [0.4, 0.5) is 4.79 Å². The molecule has 0 aromatic heterocycles. The Kier molecular flexibility index (Phi) is 9.02. The van der Waals surface area contributed by atoms with E-state index in [2.05, 4.69) is 10.6 Å². The molecule has 0 aliphatic carbocycles. The van der Waals surface area contributed by atoms with Gasteiger partial charge in [0.15, 0.2) is 0 Å².